The molecule has 1 aliphatic rings. The van der Waals surface area contributed by atoms with Gasteiger partial charge in [-0.15, -0.1) is 0 Å². The molecule has 1 amide bonds. The van der Waals surface area contributed by atoms with Crippen LogP contribution in [0.4, 0.5) is 0 Å². The Bertz CT molecular complexity index is 465. The molecule has 106 valence electrons. The van der Waals surface area contributed by atoms with E-state index in [2.05, 4.69) is 10.5 Å². The number of benzene rings is 1. The van der Waals surface area contributed by atoms with E-state index in [0.717, 1.165) is 18.7 Å². The minimum absolute atomic E-state index is 0.101. The van der Waals surface area contributed by atoms with E-state index < -0.39 is 0 Å². The Kier molecular flexibility index (Phi) is 5.95. The van der Waals surface area contributed by atoms with Gasteiger partial charge in [-0.2, -0.15) is 5.10 Å². The summed E-state index contributed by atoms with van der Waals surface area (Å²) in [4.78, 5) is 13.7. The van der Waals surface area contributed by atoms with Crippen molar-refractivity contribution in [2.24, 2.45) is 5.10 Å². The number of ether oxygens (including phenoxy) is 1. The number of hydrogen-bond donors (Lipinski definition) is 1. The molecule has 1 aromatic carbocycles. The summed E-state index contributed by atoms with van der Waals surface area (Å²) in [5.74, 6) is -0.101. The first-order valence-electron chi connectivity index (χ1n) is 6.68. The number of hydrazone groups is 1. The zero-order valence-electron chi connectivity index (χ0n) is 11.4. The first-order chi connectivity index (χ1) is 9.84. The first kappa shape index (κ1) is 14.4. The van der Waals surface area contributed by atoms with Gasteiger partial charge < -0.3 is 4.74 Å². The van der Waals surface area contributed by atoms with E-state index in [9.17, 15) is 4.79 Å². The Labute approximate surface area is 118 Å². The van der Waals surface area contributed by atoms with E-state index in [4.69, 9.17) is 4.74 Å². The molecule has 0 aliphatic carbocycles. The monoisotopic (exact) mass is 273 g/mol. The number of rotatable bonds is 5. The Balaban J connectivity index is 1.67. The highest BCUT2D eigenvalue weighted by atomic mass is 16.5. The fraction of sp³-hybridized carbons (Fsp3) is 0.333. The molecule has 0 unspecified atom stereocenters. The molecule has 1 aromatic rings. The Morgan fingerprint density at radius 3 is 2.80 bits per heavy atom. The predicted molar refractivity (Wildman–Crippen MR) is 79.4 cm³/mol. The SMILES string of the molecule is O=C(CN1CCOCC1)NN=C/C=C/c1ccccc1. The van der Waals surface area contributed by atoms with E-state index in [-0.39, 0.29) is 5.91 Å². The van der Waals surface area contributed by atoms with Crippen molar-refractivity contribution >= 4 is 18.2 Å². The van der Waals surface area contributed by atoms with E-state index in [0.29, 0.717) is 19.8 Å². The third-order valence-corrected chi connectivity index (χ3v) is 2.91. The van der Waals surface area contributed by atoms with Gasteiger partial charge in [0.2, 0.25) is 0 Å². The number of nitrogens with one attached hydrogen (secondary N) is 1. The summed E-state index contributed by atoms with van der Waals surface area (Å²) in [5, 5.41) is 3.88. The summed E-state index contributed by atoms with van der Waals surface area (Å²) < 4.78 is 5.22. The van der Waals surface area contributed by atoms with Gasteiger partial charge in [-0.25, -0.2) is 5.43 Å². The summed E-state index contributed by atoms with van der Waals surface area (Å²) in [6.07, 6.45) is 5.30. The second-order valence-electron chi connectivity index (χ2n) is 4.47. The highest BCUT2D eigenvalue weighted by Crippen LogP contribution is 1.99. The summed E-state index contributed by atoms with van der Waals surface area (Å²) in [6, 6.07) is 9.92. The van der Waals surface area contributed by atoms with Crippen LogP contribution in [0.5, 0.6) is 0 Å². The van der Waals surface area contributed by atoms with Crippen molar-refractivity contribution in [3.8, 4) is 0 Å². The van der Waals surface area contributed by atoms with Crippen LogP contribution in [0.15, 0.2) is 41.5 Å². The fourth-order valence-corrected chi connectivity index (χ4v) is 1.87. The van der Waals surface area contributed by atoms with Gasteiger partial charge in [-0.3, -0.25) is 9.69 Å². The van der Waals surface area contributed by atoms with E-state index in [1.54, 1.807) is 12.3 Å². The summed E-state index contributed by atoms with van der Waals surface area (Å²) in [6.45, 7) is 3.34. The maximum atomic E-state index is 11.6. The minimum Gasteiger partial charge on any atom is -0.379 e. The van der Waals surface area contributed by atoms with Crippen molar-refractivity contribution in [1.82, 2.24) is 10.3 Å². The Morgan fingerprint density at radius 1 is 1.30 bits per heavy atom. The largest absolute Gasteiger partial charge is 0.379 e. The molecule has 5 heteroatoms. The Hall–Kier alpha value is -1.98. The van der Waals surface area contributed by atoms with E-state index in [1.165, 1.54) is 0 Å². The summed E-state index contributed by atoms with van der Waals surface area (Å²) in [7, 11) is 0. The van der Waals surface area contributed by atoms with Crippen molar-refractivity contribution in [3.05, 3.63) is 42.0 Å². The third kappa shape index (κ3) is 5.34. The topological polar surface area (TPSA) is 53.9 Å². The number of allylic oxidation sites excluding steroid dienone is 1. The third-order valence-electron chi connectivity index (χ3n) is 2.91. The molecule has 5 nitrogen and oxygen atoms in total. The standard InChI is InChI=1S/C15H19N3O2/c19-15(13-18-9-11-20-12-10-18)17-16-8-4-7-14-5-2-1-3-6-14/h1-8H,9-13H2,(H,17,19)/b7-4+,16-8?. The quantitative estimate of drug-likeness (QED) is 0.646. The van der Waals surface area contributed by atoms with E-state index >= 15 is 0 Å². The van der Waals surface area contributed by atoms with Crippen molar-refractivity contribution in [1.29, 1.82) is 0 Å². The molecule has 0 aromatic heterocycles. The van der Waals surface area contributed by atoms with Gasteiger partial charge in [0.25, 0.3) is 5.91 Å². The van der Waals surface area contributed by atoms with Crippen LogP contribution in [0.1, 0.15) is 5.56 Å². The smallest absolute Gasteiger partial charge is 0.254 e. The van der Waals surface area contributed by atoms with Crippen molar-refractivity contribution in [2.75, 3.05) is 32.8 Å². The van der Waals surface area contributed by atoms with Crippen LogP contribution in [-0.2, 0) is 9.53 Å². The molecule has 0 spiro atoms. The number of amides is 1. The zero-order chi connectivity index (χ0) is 14.0. The zero-order valence-corrected chi connectivity index (χ0v) is 11.4. The molecule has 1 N–H and O–H groups in total. The molecular weight excluding hydrogens is 254 g/mol. The molecular formula is C15H19N3O2. The van der Waals surface area contributed by atoms with Gasteiger partial charge in [-0.05, 0) is 11.6 Å². The Morgan fingerprint density at radius 2 is 2.05 bits per heavy atom. The second kappa shape index (κ2) is 8.24. The van der Waals surface area contributed by atoms with Crippen molar-refractivity contribution in [2.45, 2.75) is 0 Å². The van der Waals surface area contributed by atoms with Gasteiger partial charge in [0, 0.05) is 19.3 Å². The number of nitrogens with zero attached hydrogens (tertiary/aromatic N) is 2. The molecule has 20 heavy (non-hydrogen) atoms. The molecule has 1 fully saturated rings. The van der Waals surface area contributed by atoms with Crippen LogP contribution in [0, 0.1) is 0 Å². The van der Waals surface area contributed by atoms with Crippen LogP contribution in [0.2, 0.25) is 0 Å². The van der Waals surface area contributed by atoms with Crippen LogP contribution >= 0.6 is 0 Å². The lowest BCUT2D eigenvalue weighted by molar-refractivity contribution is -0.123. The van der Waals surface area contributed by atoms with Gasteiger partial charge in [-0.1, -0.05) is 36.4 Å². The normalized spacial score (nSPS) is 16.8. The number of carbonyl (C=O) groups excluding carboxylic acids is 1. The number of morpholine rings is 1. The fourth-order valence-electron chi connectivity index (χ4n) is 1.87. The lowest BCUT2D eigenvalue weighted by atomic mass is 10.2. The molecule has 0 bridgehead atoms. The van der Waals surface area contributed by atoms with Crippen molar-refractivity contribution < 1.29 is 9.53 Å². The number of carbonyl (C=O) groups is 1. The van der Waals surface area contributed by atoms with Crippen molar-refractivity contribution in [3.63, 3.8) is 0 Å². The summed E-state index contributed by atoms with van der Waals surface area (Å²) >= 11 is 0. The summed E-state index contributed by atoms with van der Waals surface area (Å²) in [5.41, 5.74) is 3.61. The molecule has 1 saturated heterocycles. The molecule has 1 aliphatic heterocycles. The van der Waals surface area contributed by atoms with Crippen LogP contribution in [0.25, 0.3) is 6.08 Å². The highest BCUT2D eigenvalue weighted by molar-refractivity contribution is 5.82. The van der Waals surface area contributed by atoms with Gasteiger partial charge in [0.15, 0.2) is 0 Å². The lowest BCUT2D eigenvalue weighted by Gasteiger charge is -2.25. The second-order valence-corrected chi connectivity index (χ2v) is 4.47. The molecule has 0 saturated carbocycles. The molecule has 1 heterocycles. The predicted octanol–water partition coefficient (Wildman–Crippen LogP) is 1.13. The average molecular weight is 273 g/mol. The van der Waals surface area contributed by atoms with Gasteiger partial charge in [0.1, 0.15) is 0 Å². The van der Waals surface area contributed by atoms with E-state index in [1.807, 2.05) is 41.3 Å². The van der Waals surface area contributed by atoms with Gasteiger partial charge >= 0.3 is 0 Å². The van der Waals surface area contributed by atoms with Gasteiger partial charge in [0.05, 0.1) is 19.8 Å². The van der Waals surface area contributed by atoms with Crippen LogP contribution in [-0.4, -0.2) is 49.9 Å². The highest BCUT2D eigenvalue weighted by Gasteiger charge is 2.13. The maximum Gasteiger partial charge on any atom is 0.254 e. The van der Waals surface area contributed by atoms with Crippen LogP contribution < -0.4 is 5.43 Å². The maximum absolute atomic E-state index is 11.6. The molecule has 0 radical (unpaired) electrons. The lowest BCUT2D eigenvalue weighted by Crippen LogP contribution is -2.42. The first-order valence-corrected chi connectivity index (χ1v) is 6.68. The molecule has 2 rings (SSSR count). The number of hydrogen-bond acceptors (Lipinski definition) is 4. The average Bonchev–Trinajstić information content (AvgIpc) is 2.49. The molecule has 0 atom stereocenters. The minimum atomic E-state index is -0.101. The van der Waals surface area contributed by atoms with Crippen LogP contribution in [0.3, 0.4) is 0 Å².